The fourth-order valence-corrected chi connectivity index (χ4v) is 6.02. The minimum absolute atomic E-state index is 0.0123. The SMILES string of the molecule is C[C@]12C=CC(=O)C=C1[C@@H](O)C[C@@H]1[C@@H]2CC[C@]2(C)C(=O)CC[C@@H]12. The number of carbonyl (C=O) groups excluding carboxylic acids is 2. The van der Waals surface area contributed by atoms with Gasteiger partial charge >= 0.3 is 0 Å². The zero-order chi connectivity index (χ0) is 15.7. The van der Waals surface area contributed by atoms with Crippen LogP contribution in [0.1, 0.15) is 46.0 Å². The molecule has 118 valence electrons. The van der Waals surface area contributed by atoms with Crippen molar-refractivity contribution in [2.75, 3.05) is 0 Å². The van der Waals surface area contributed by atoms with Gasteiger partial charge in [0.1, 0.15) is 5.78 Å². The van der Waals surface area contributed by atoms with Crippen molar-refractivity contribution in [2.24, 2.45) is 28.6 Å². The third-order valence-corrected chi connectivity index (χ3v) is 7.28. The predicted molar refractivity (Wildman–Crippen MR) is 83.0 cm³/mol. The molecule has 4 aliphatic carbocycles. The summed E-state index contributed by atoms with van der Waals surface area (Å²) in [6, 6.07) is 0. The first-order valence-corrected chi connectivity index (χ1v) is 8.53. The second-order valence-corrected chi connectivity index (χ2v) is 8.16. The Kier molecular flexibility index (Phi) is 2.88. The van der Waals surface area contributed by atoms with Crippen LogP contribution < -0.4 is 0 Å². The Morgan fingerprint density at radius 2 is 1.95 bits per heavy atom. The van der Waals surface area contributed by atoms with Gasteiger partial charge in [0.25, 0.3) is 0 Å². The number of Topliss-reactive ketones (excluding diaryl/α,β-unsaturated/α-hetero) is 1. The molecule has 22 heavy (non-hydrogen) atoms. The van der Waals surface area contributed by atoms with Crippen LogP contribution in [0.5, 0.6) is 0 Å². The molecule has 3 heteroatoms. The molecule has 0 bridgehead atoms. The molecular weight excluding hydrogens is 276 g/mol. The first kappa shape index (κ1) is 14.4. The summed E-state index contributed by atoms with van der Waals surface area (Å²) in [5.74, 6) is 1.64. The topological polar surface area (TPSA) is 54.4 Å². The molecule has 0 unspecified atom stereocenters. The first-order valence-electron chi connectivity index (χ1n) is 8.53. The first-order chi connectivity index (χ1) is 10.4. The van der Waals surface area contributed by atoms with E-state index in [1.807, 2.05) is 6.08 Å². The van der Waals surface area contributed by atoms with E-state index in [2.05, 4.69) is 13.8 Å². The predicted octanol–water partition coefficient (Wildman–Crippen LogP) is 2.83. The summed E-state index contributed by atoms with van der Waals surface area (Å²) in [4.78, 5) is 24.1. The van der Waals surface area contributed by atoms with Crippen LogP contribution in [-0.4, -0.2) is 22.8 Å². The molecule has 0 amide bonds. The van der Waals surface area contributed by atoms with Gasteiger partial charge in [0.2, 0.25) is 0 Å². The zero-order valence-corrected chi connectivity index (χ0v) is 13.3. The minimum Gasteiger partial charge on any atom is -0.389 e. The quantitative estimate of drug-likeness (QED) is 0.748. The Morgan fingerprint density at radius 3 is 2.73 bits per heavy atom. The lowest BCUT2D eigenvalue weighted by Crippen LogP contribution is -2.53. The Morgan fingerprint density at radius 1 is 1.18 bits per heavy atom. The van der Waals surface area contributed by atoms with Gasteiger partial charge in [-0.2, -0.15) is 0 Å². The van der Waals surface area contributed by atoms with E-state index in [4.69, 9.17) is 0 Å². The van der Waals surface area contributed by atoms with Gasteiger partial charge in [-0.05, 0) is 61.2 Å². The summed E-state index contributed by atoms with van der Waals surface area (Å²) >= 11 is 0. The van der Waals surface area contributed by atoms with E-state index >= 15 is 0 Å². The Labute approximate surface area is 131 Å². The Hall–Kier alpha value is -1.22. The smallest absolute Gasteiger partial charge is 0.178 e. The average Bonchev–Trinajstić information content (AvgIpc) is 2.77. The van der Waals surface area contributed by atoms with Crippen LogP contribution in [0.15, 0.2) is 23.8 Å². The largest absolute Gasteiger partial charge is 0.389 e. The van der Waals surface area contributed by atoms with Crippen LogP contribution in [0.2, 0.25) is 0 Å². The van der Waals surface area contributed by atoms with E-state index in [0.29, 0.717) is 36.4 Å². The summed E-state index contributed by atoms with van der Waals surface area (Å²) in [6.07, 6.45) is 9.14. The van der Waals surface area contributed by atoms with Crippen molar-refractivity contribution in [1.82, 2.24) is 0 Å². The van der Waals surface area contributed by atoms with Gasteiger partial charge < -0.3 is 5.11 Å². The second-order valence-electron chi connectivity index (χ2n) is 8.16. The van der Waals surface area contributed by atoms with Crippen molar-refractivity contribution in [1.29, 1.82) is 0 Å². The van der Waals surface area contributed by atoms with Gasteiger partial charge in [0, 0.05) is 17.3 Å². The van der Waals surface area contributed by atoms with Crippen LogP contribution in [-0.2, 0) is 9.59 Å². The van der Waals surface area contributed by atoms with Crippen LogP contribution in [0, 0.1) is 28.6 Å². The van der Waals surface area contributed by atoms with Crippen molar-refractivity contribution >= 4 is 11.6 Å². The summed E-state index contributed by atoms with van der Waals surface area (Å²) in [5, 5.41) is 10.7. The molecule has 3 nitrogen and oxygen atoms in total. The van der Waals surface area contributed by atoms with E-state index in [1.54, 1.807) is 12.2 Å². The number of aliphatic hydroxyl groups is 1. The average molecular weight is 300 g/mol. The highest BCUT2D eigenvalue weighted by Gasteiger charge is 2.59. The van der Waals surface area contributed by atoms with E-state index in [-0.39, 0.29) is 16.6 Å². The maximum Gasteiger partial charge on any atom is 0.178 e. The van der Waals surface area contributed by atoms with Crippen LogP contribution in [0.4, 0.5) is 0 Å². The molecule has 4 aliphatic rings. The fraction of sp³-hybridized carbons (Fsp3) is 0.684. The molecule has 3 fully saturated rings. The van der Waals surface area contributed by atoms with Crippen LogP contribution in [0.25, 0.3) is 0 Å². The van der Waals surface area contributed by atoms with Gasteiger partial charge in [0.15, 0.2) is 5.78 Å². The molecule has 0 heterocycles. The van der Waals surface area contributed by atoms with Crippen molar-refractivity contribution in [3.63, 3.8) is 0 Å². The molecule has 4 rings (SSSR count). The van der Waals surface area contributed by atoms with Crippen LogP contribution >= 0.6 is 0 Å². The van der Waals surface area contributed by atoms with Crippen molar-refractivity contribution in [3.05, 3.63) is 23.8 Å². The Bertz CT molecular complexity index is 616. The molecule has 3 saturated carbocycles. The lowest BCUT2D eigenvalue weighted by atomic mass is 9.48. The highest BCUT2D eigenvalue weighted by atomic mass is 16.3. The summed E-state index contributed by atoms with van der Waals surface area (Å²) < 4.78 is 0. The van der Waals surface area contributed by atoms with Crippen molar-refractivity contribution < 1.29 is 14.7 Å². The Balaban J connectivity index is 1.76. The lowest BCUT2D eigenvalue weighted by molar-refractivity contribution is -0.132. The molecular formula is C19H24O3. The van der Waals surface area contributed by atoms with E-state index in [9.17, 15) is 14.7 Å². The zero-order valence-electron chi connectivity index (χ0n) is 13.3. The number of hydrogen-bond donors (Lipinski definition) is 1. The summed E-state index contributed by atoms with van der Waals surface area (Å²) in [5.41, 5.74) is 0.504. The molecule has 6 atom stereocenters. The molecule has 0 saturated heterocycles. The van der Waals surface area contributed by atoms with Gasteiger partial charge in [-0.1, -0.05) is 19.9 Å². The summed E-state index contributed by atoms with van der Waals surface area (Å²) in [7, 11) is 0. The summed E-state index contributed by atoms with van der Waals surface area (Å²) in [6.45, 7) is 4.31. The molecule has 0 spiro atoms. The van der Waals surface area contributed by atoms with Crippen LogP contribution in [0.3, 0.4) is 0 Å². The molecule has 0 aromatic heterocycles. The normalized spacial score (nSPS) is 50.2. The lowest BCUT2D eigenvalue weighted by Gasteiger charge is -2.56. The number of rotatable bonds is 0. The maximum atomic E-state index is 12.4. The molecule has 0 aliphatic heterocycles. The minimum atomic E-state index is -0.543. The number of aliphatic hydroxyl groups excluding tert-OH is 1. The second kappa shape index (κ2) is 4.41. The third kappa shape index (κ3) is 1.66. The molecule has 0 aromatic carbocycles. The highest BCUT2D eigenvalue weighted by molar-refractivity contribution is 6.01. The van der Waals surface area contributed by atoms with E-state index in [0.717, 1.165) is 24.8 Å². The standard InChI is InChI=1S/C19H24O3/c1-18-7-5-11(20)9-15(18)16(21)10-12-13-3-4-17(22)19(13,2)8-6-14(12)18/h5,7,9,12-14,16,21H,3-4,6,8,10H2,1-2H3/t12-,13-,14-,16-,18+,19-/m0/s1. The number of allylic oxidation sites excluding steroid dienone is 3. The van der Waals surface area contributed by atoms with E-state index in [1.165, 1.54) is 0 Å². The number of fused-ring (bicyclic) bond motifs is 5. The monoisotopic (exact) mass is 300 g/mol. The molecule has 1 N–H and O–H groups in total. The number of ketones is 2. The van der Waals surface area contributed by atoms with E-state index < -0.39 is 6.10 Å². The fourth-order valence-electron chi connectivity index (χ4n) is 6.02. The van der Waals surface area contributed by atoms with Gasteiger partial charge in [-0.3, -0.25) is 9.59 Å². The molecule has 0 radical (unpaired) electrons. The molecule has 0 aromatic rings. The third-order valence-electron chi connectivity index (χ3n) is 7.28. The van der Waals surface area contributed by atoms with Gasteiger partial charge in [-0.15, -0.1) is 0 Å². The van der Waals surface area contributed by atoms with Gasteiger partial charge in [-0.25, -0.2) is 0 Å². The maximum absolute atomic E-state index is 12.4. The number of hydrogen-bond acceptors (Lipinski definition) is 3. The number of carbonyl (C=O) groups is 2. The van der Waals surface area contributed by atoms with Gasteiger partial charge in [0.05, 0.1) is 6.10 Å². The highest BCUT2D eigenvalue weighted by Crippen LogP contribution is 2.63. The van der Waals surface area contributed by atoms with Crippen molar-refractivity contribution in [3.8, 4) is 0 Å². The van der Waals surface area contributed by atoms with Crippen molar-refractivity contribution in [2.45, 2.75) is 52.1 Å².